The van der Waals surface area contributed by atoms with Crippen molar-refractivity contribution >= 4 is 18.3 Å². The average Bonchev–Trinajstić information content (AvgIpc) is 3.09. The highest BCUT2D eigenvalue weighted by Gasteiger charge is 2.15. The molecule has 1 aromatic heterocycles. The molecule has 0 aliphatic carbocycles. The largest absolute Gasteiger partial charge is 0.351 e. The Morgan fingerprint density at radius 2 is 2.04 bits per heavy atom. The zero-order chi connectivity index (χ0) is 16.9. The number of benzene rings is 1. The van der Waals surface area contributed by atoms with Gasteiger partial charge >= 0.3 is 0 Å². The summed E-state index contributed by atoms with van der Waals surface area (Å²) in [5.41, 5.74) is 0.187. The van der Waals surface area contributed by atoms with Crippen molar-refractivity contribution in [2.45, 2.75) is 12.8 Å². The molecule has 1 amide bonds. The molecule has 0 saturated carbocycles. The van der Waals surface area contributed by atoms with Gasteiger partial charge in [-0.3, -0.25) is 9.59 Å². The van der Waals surface area contributed by atoms with Crippen LogP contribution in [-0.2, 0) is 0 Å². The highest BCUT2D eigenvalue weighted by Crippen LogP contribution is 2.11. The molecular formula is C17H20ClFN4O2. The zero-order valence-electron chi connectivity index (χ0n) is 13.6. The van der Waals surface area contributed by atoms with Crippen LogP contribution in [0.2, 0.25) is 0 Å². The number of nitrogens with zero attached hydrogens (tertiary/aromatic N) is 2. The lowest BCUT2D eigenvalue weighted by molar-refractivity contribution is 0.0945. The van der Waals surface area contributed by atoms with E-state index in [0.717, 1.165) is 30.6 Å². The Balaban J connectivity index is 0.00000225. The highest BCUT2D eigenvalue weighted by atomic mass is 35.5. The number of aromatic nitrogens is 2. The molecule has 8 heteroatoms. The minimum atomic E-state index is -0.401. The van der Waals surface area contributed by atoms with Crippen molar-refractivity contribution in [1.29, 1.82) is 0 Å². The lowest BCUT2D eigenvalue weighted by atomic mass is 10.1. The maximum absolute atomic E-state index is 13.0. The maximum Gasteiger partial charge on any atom is 0.271 e. The van der Waals surface area contributed by atoms with Crippen molar-refractivity contribution in [3.63, 3.8) is 0 Å². The highest BCUT2D eigenvalue weighted by molar-refractivity contribution is 5.92. The number of amides is 1. The second-order valence-electron chi connectivity index (χ2n) is 5.85. The molecule has 134 valence electrons. The number of carbonyl (C=O) groups excluding carboxylic acids is 1. The molecule has 1 saturated heterocycles. The van der Waals surface area contributed by atoms with Gasteiger partial charge in [-0.25, -0.2) is 4.39 Å². The van der Waals surface area contributed by atoms with Gasteiger partial charge in [-0.15, -0.1) is 12.4 Å². The Bertz CT molecular complexity index is 773. The zero-order valence-corrected chi connectivity index (χ0v) is 14.4. The van der Waals surface area contributed by atoms with Crippen LogP contribution >= 0.6 is 12.4 Å². The molecule has 2 N–H and O–H groups in total. The van der Waals surface area contributed by atoms with E-state index in [1.54, 1.807) is 0 Å². The van der Waals surface area contributed by atoms with E-state index < -0.39 is 5.82 Å². The first-order valence-corrected chi connectivity index (χ1v) is 7.99. The molecule has 2 aromatic rings. The summed E-state index contributed by atoms with van der Waals surface area (Å²) in [6.45, 7) is 2.59. The summed E-state index contributed by atoms with van der Waals surface area (Å²) in [5, 5.41) is 10.2. The number of hydrogen-bond acceptors (Lipinski definition) is 4. The van der Waals surface area contributed by atoms with E-state index in [-0.39, 0.29) is 29.6 Å². The van der Waals surface area contributed by atoms with Gasteiger partial charge in [-0.2, -0.15) is 9.78 Å². The Morgan fingerprint density at radius 3 is 2.72 bits per heavy atom. The lowest BCUT2D eigenvalue weighted by Crippen LogP contribution is -2.30. The first-order valence-electron chi connectivity index (χ1n) is 7.99. The quantitative estimate of drug-likeness (QED) is 0.841. The number of rotatable bonds is 5. The van der Waals surface area contributed by atoms with Crippen LogP contribution in [0.4, 0.5) is 4.39 Å². The molecule has 1 fully saturated rings. The van der Waals surface area contributed by atoms with E-state index >= 15 is 0 Å². The number of hydrogen-bond donors (Lipinski definition) is 2. The third kappa shape index (κ3) is 4.87. The molecule has 1 aliphatic rings. The normalized spacial score (nSPS) is 16.3. The fourth-order valence-corrected chi connectivity index (χ4v) is 2.74. The molecule has 3 rings (SSSR count). The molecule has 1 unspecified atom stereocenters. The van der Waals surface area contributed by atoms with Gasteiger partial charge in [0.15, 0.2) is 0 Å². The average molecular weight is 367 g/mol. The van der Waals surface area contributed by atoms with Crippen LogP contribution < -0.4 is 16.2 Å². The van der Waals surface area contributed by atoms with Crippen LogP contribution in [0, 0.1) is 11.7 Å². The summed E-state index contributed by atoms with van der Waals surface area (Å²) >= 11 is 0. The Hall–Kier alpha value is -2.25. The fraction of sp³-hybridized carbons (Fsp3) is 0.353. The van der Waals surface area contributed by atoms with Gasteiger partial charge in [0.1, 0.15) is 11.5 Å². The van der Waals surface area contributed by atoms with Crippen LogP contribution in [0.15, 0.2) is 41.2 Å². The predicted octanol–water partition coefficient (Wildman–Crippen LogP) is 1.52. The molecule has 1 aromatic carbocycles. The van der Waals surface area contributed by atoms with Crippen molar-refractivity contribution in [2.75, 3.05) is 19.6 Å². The topological polar surface area (TPSA) is 76.0 Å². The van der Waals surface area contributed by atoms with Crippen LogP contribution in [-0.4, -0.2) is 35.3 Å². The van der Waals surface area contributed by atoms with Gasteiger partial charge in [0.2, 0.25) is 0 Å². The van der Waals surface area contributed by atoms with Gasteiger partial charge in [-0.05, 0) is 62.2 Å². The number of carbonyl (C=O) groups is 1. The van der Waals surface area contributed by atoms with E-state index in [2.05, 4.69) is 15.7 Å². The third-order valence-electron chi connectivity index (χ3n) is 4.10. The van der Waals surface area contributed by atoms with Crippen LogP contribution in [0.1, 0.15) is 23.3 Å². The number of nitrogens with one attached hydrogen (secondary N) is 2. The van der Waals surface area contributed by atoms with E-state index in [0.29, 0.717) is 18.2 Å². The molecule has 2 heterocycles. The Kier molecular flexibility index (Phi) is 6.66. The summed E-state index contributed by atoms with van der Waals surface area (Å²) < 4.78 is 14.1. The monoisotopic (exact) mass is 366 g/mol. The summed E-state index contributed by atoms with van der Waals surface area (Å²) in [6.07, 6.45) is 2.04. The van der Waals surface area contributed by atoms with E-state index in [9.17, 15) is 14.0 Å². The summed E-state index contributed by atoms with van der Waals surface area (Å²) in [7, 11) is 0. The second kappa shape index (κ2) is 8.73. The summed E-state index contributed by atoms with van der Waals surface area (Å²) in [5.74, 6) is -0.134. The Morgan fingerprint density at radius 1 is 1.28 bits per heavy atom. The first kappa shape index (κ1) is 19.1. The predicted molar refractivity (Wildman–Crippen MR) is 95.0 cm³/mol. The molecular weight excluding hydrogens is 347 g/mol. The first-order chi connectivity index (χ1) is 11.6. The van der Waals surface area contributed by atoms with Gasteiger partial charge in [0, 0.05) is 12.6 Å². The molecule has 1 atom stereocenters. The van der Waals surface area contributed by atoms with Crippen LogP contribution in [0.25, 0.3) is 5.69 Å². The Labute approximate surface area is 150 Å². The molecule has 0 bridgehead atoms. The number of halogens is 2. The van der Waals surface area contributed by atoms with Gasteiger partial charge in [0.05, 0.1) is 5.69 Å². The van der Waals surface area contributed by atoms with Crippen molar-refractivity contribution in [1.82, 2.24) is 20.4 Å². The lowest BCUT2D eigenvalue weighted by Gasteiger charge is -2.10. The molecule has 6 nitrogen and oxygen atoms in total. The van der Waals surface area contributed by atoms with E-state index in [4.69, 9.17) is 0 Å². The van der Waals surface area contributed by atoms with Crippen LogP contribution in [0.5, 0.6) is 0 Å². The molecule has 0 spiro atoms. The maximum atomic E-state index is 13.0. The van der Waals surface area contributed by atoms with E-state index in [1.165, 1.54) is 36.4 Å². The second-order valence-corrected chi connectivity index (χ2v) is 5.85. The molecule has 0 radical (unpaired) electrons. The minimum absolute atomic E-state index is 0. The van der Waals surface area contributed by atoms with Gasteiger partial charge < -0.3 is 10.6 Å². The smallest absolute Gasteiger partial charge is 0.271 e. The SMILES string of the molecule is Cl.O=C(NCCC1CCNC1)c1ccc(=O)n(-c2ccc(F)cc2)n1. The van der Waals surface area contributed by atoms with Crippen molar-refractivity contribution in [3.05, 3.63) is 58.3 Å². The van der Waals surface area contributed by atoms with Crippen molar-refractivity contribution in [2.24, 2.45) is 5.92 Å². The van der Waals surface area contributed by atoms with E-state index in [1.807, 2.05) is 0 Å². The summed E-state index contributed by atoms with van der Waals surface area (Å²) in [6, 6.07) is 8.05. The molecule has 1 aliphatic heterocycles. The minimum Gasteiger partial charge on any atom is -0.351 e. The van der Waals surface area contributed by atoms with Crippen molar-refractivity contribution < 1.29 is 9.18 Å². The van der Waals surface area contributed by atoms with Gasteiger partial charge in [-0.1, -0.05) is 0 Å². The fourth-order valence-electron chi connectivity index (χ4n) is 2.74. The van der Waals surface area contributed by atoms with Gasteiger partial charge in [0.25, 0.3) is 11.5 Å². The third-order valence-corrected chi connectivity index (χ3v) is 4.10. The standard InChI is InChI=1S/C17H19FN4O2.ClH/c18-13-1-3-14(4-2-13)22-16(23)6-5-15(21-22)17(24)20-10-8-12-7-9-19-11-12;/h1-6,12,19H,7-11H2,(H,20,24);1H. The molecule has 25 heavy (non-hydrogen) atoms. The van der Waals surface area contributed by atoms with Crippen LogP contribution in [0.3, 0.4) is 0 Å². The van der Waals surface area contributed by atoms with Crippen molar-refractivity contribution in [3.8, 4) is 5.69 Å². The summed E-state index contributed by atoms with van der Waals surface area (Å²) in [4.78, 5) is 24.1.